The van der Waals surface area contributed by atoms with Crippen LogP contribution in [0, 0.1) is 0 Å². The normalized spacial score (nSPS) is 11.9. The van der Waals surface area contributed by atoms with Crippen LogP contribution in [0.2, 0.25) is 0 Å². The number of ether oxygens (including phenoxy) is 1. The van der Waals surface area contributed by atoms with Gasteiger partial charge in [-0.15, -0.1) is 0 Å². The molecule has 0 N–H and O–H groups in total. The highest BCUT2D eigenvalue weighted by molar-refractivity contribution is 5.92. The third-order valence-electron chi connectivity index (χ3n) is 2.10. The molecule has 1 aromatic carbocycles. The quantitative estimate of drug-likeness (QED) is 0.709. The zero-order valence-electron chi connectivity index (χ0n) is 8.90. The molecule has 0 heterocycles. The maximum atomic E-state index is 11.5. The van der Waals surface area contributed by atoms with E-state index in [1.807, 2.05) is 6.07 Å². The van der Waals surface area contributed by atoms with Crippen molar-refractivity contribution in [3.8, 4) is 0 Å². The Morgan fingerprint density at radius 2 is 1.87 bits per heavy atom. The van der Waals surface area contributed by atoms with Gasteiger partial charge in [0.1, 0.15) is 0 Å². The summed E-state index contributed by atoms with van der Waals surface area (Å²) in [4.78, 5) is 22.7. The summed E-state index contributed by atoms with van der Waals surface area (Å²) in [6.45, 7) is 3.34. The molecule has 1 unspecified atom stereocenters. The highest BCUT2D eigenvalue weighted by Gasteiger charge is 2.16. The number of esters is 1. The molecule has 0 spiro atoms. The lowest BCUT2D eigenvalue weighted by atomic mass is 10.2. The predicted octanol–water partition coefficient (Wildman–Crippen LogP) is 2.21. The van der Waals surface area contributed by atoms with Crippen molar-refractivity contribution in [3.05, 3.63) is 35.9 Å². The van der Waals surface area contributed by atoms with Crippen molar-refractivity contribution >= 4 is 11.8 Å². The molecule has 0 saturated heterocycles. The van der Waals surface area contributed by atoms with Gasteiger partial charge in [0.05, 0.1) is 5.56 Å². The van der Waals surface area contributed by atoms with Crippen LogP contribution in [0.4, 0.5) is 0 Å². The molecule has 0 amide bonds. The molecular formula is C12H14O3. The fourth-order valence-electron chi connectivity index (χ4n) is 1.16. The molecular weight excluding hydrogens is 192 g/mol. The molecule has 0 aromatic heterocycles. The van der Waals surface area contributed by atoms with Crippen molar-refractivity contribution in [2.75, 3.05) is 0 Å². The van der Waals surface area contributed by atoms with Gasteiger partial charge in [0.2, 0.25) is 0 Å². The summed E-state index contributed by atoms with van der Waals surface area (Å²) in [7, 11) is 0. The molecule has 0 saturated carbocycles. The third-order valence-corrected chi connectivity index (χ3v) is 2.10. The molecule has 0 aliphatic heterocycles. The predicted molar refractivity (Wildman–Crippen MR) is 56.6 cm³/mol. The summed E-state index contributed by atoms with van der Waals surface area (Å²) in [5.74, 6) is -0.524. The summed E-state index contributed by atoms with van der Waals surface area (Å²) >= 11 is 0. The first-order valence-corrected chi connectivity index (χ1v) is 4.94. The number of hydrogen-bond donors (Lipinski definition) is 0. The lowest BCUT2D eigenvalue weighted by Crippen LogP contribution is -2.23. The van der Waals surface area contributed by atoms with Gasteiger partial charge >= 0.3 is 5.97 Å². The first kappa shape index (κ1) is 11.4. The van der Waals surface area contributed by atoms with Crippen LogP contribution < -0.4 is 0 Å². The summed E-state index contributed by atoms with van der Waals surface area (Å²) in [5, 5.41) is 0. The first-order valence-electron chi connectivity index (χ1n) is 4.94. The molecule has 15 heavy (non-hydrogen) atoms. The maximum absolute atomic E-state index is 11.5. The minimum absolute atomic E-state index is 0.0701. The molecule has 1 rings (SSSR count). The van der Waals surface area contributed by atoms with Crippen LogP contribution in [0.5, 0.6) is 0 Å². The highest BCUT2D eigenvalue weighted by atomic mass is 16.5. The van der Waals surface area contributed by atoms with Crippen molar-refractivity contribution < 1.29 is 14.3 Å². The van der Waals surface area contributed by atoms with Crippen molar-refractivity contribution in [2.45, 2.75) is 26.4 Å². The van der Waals surface area contributed by atoms with E-state index in [-0.39, 0.29) is 5.78 Å². The van der Waals surface area contributed by atoms with Gasteiger partial charge in [-0.2, -0.15) is 0 Å². The smallest absolute Gasteiger partial charge is 0.338 e. The van der Waals surface area contributed by atoms with Gasteiger partial charge < -0.3 is 4.74 Å². The second-order valence-electron chi connectivity index (χ2n) is 3.23. The summed E-state index contributed by atoms with van der Waals surface area (Å²) in [5.41, 5.74) is 0.466. The van der Waals surface area contributed by atoms with Crippen LogP contribution in [-0.4, -0.2) is 17.9 Å². The molecule has 3 heteroatoms. The molecule has 0 bridgehead atoms. The van der Waals surface area contributed by atoms with Crippen molar-refractivity contribution in [3.63, 3.8) is 0 Å². The minimum Gasteiger partial charge on any atom is -0.451 e. The molecule has 3 nitrogen and oxygen atoms in total. The zero-order chi connectivity index (χ0) is 11.3. The number of Topliss-reactive ketones (excluding diaryl/α,β-unsaturated/α-hetero) is 1. The Labute approximate surface area is 89.1 Å². The number of rotatable bonds is 4. The molecule has 1 atom stereocenters. The van der Waals surface area contributed by atoms with Crippen molar-refractivity contribution in [1.82, 2.24) is 0 Å². The van der Waals surface area contributed by atoms with E-state index in [2.05, 4.69) is 0 Å². The largest absolute Gasteiger partial charge is 0.451 e. The Bertz CT molecular complexity index is 343. The van der Waals surface area contributed by atoms with Crippen LogP contribution in [0.25, 0.3) is 0 Å². The van der Waals surface area contributed by atoms with E-state index in [1.165, 1.54) is 0 Å². The van der Waals surface area contributed by atoms with E-state index >= 15 is 0 Å². The maximum Gasteiger partial charge on any atom is 0.338 e. The van der Waals surface area contributed by atoms with Crippen LogP contribution >= 0.6 is 0 Å². The Morgan fingerprint density at radius 1 is 1.27 bits per heavy atom. The fourth-order valence-corrected chi connectivity index (χ4v) is 1.16. The summed E-state index contributed by atoms with van der Waals surface area (Å²) in [6.07, 6.45) is -0.286. The van der Waals surface area contributed by atoms with E-state index in [9.17, 15) is 9.59 Å². The SMILES string of the molecule is CCC(=O)C(C)OC(=O)c1ccccc1. The van der Waals surface area contributed by atoms with Gasteiger partial charge in [-0.3, -0.25) is 4.79 Å². The van der Waals surface area contributed by atoms with Crippen LogP contribution in [0.15, 0.2) is 30.3 Å². The topological polar surface area (TPSA) is 43.4 Å². The average molecular weight is 206 g/mol. The molecule has 0 aliphatic carbocycles. The number of benzene rings is 1. The Balaban J connectivity index is 2.61. The monoisotopic (exact) mass is 206 g/mol. The Morgan fingerprint density at radius 3 is 2.40 bits per heavy atom. The van der Waals surface area contributed by atoms with E-state index in [4.69, 9.17) is 4.74 Å². The molecule has 0 aliphatic rings. The number of hydrogen-bond acceptors (Lipinski definition) is 3. The van der Waals surface area contributed by atoms with E-state index < -0.39 is 12.1 Å². The third kappa shape index (κ3) is 3.20. The van der Waals surface area contributed by atoms with E-state index in [0.717, 1.165) is 0 Å². The minimum atomic E-state index is -0.664. The number of carbonyl (C=O) groups is 2. The lowest BCUT2D eigenvalue weighted by molar-refractivity contribution is -0.126. The molecule has 1 aromatic rings. The second kappa shape index (κ2) is 5.29. The highest BCUT2D eigenvalue weighted by Crippen LogP contribution is 2.05. The second-order valence-corrected chi connectivity index (χ2v) is 3.23. The number of ketones is 1. The lowest BCUT2D eigenvalue weighted by Gasteiger charge is -2.10. The van der Waals surface area contributed by atoms with Crippen LogP contribution in [0.3, 0.4) is 0 Å². The Hall–Kier alpha value is -1.64. The van der Waals surface area contributed by atoms with Crippen molar-refractivity contribution in [2.24, 2.45) is 0 Å². The van der Waals surface area contributed by atoms with Crippen LogP contribution in [0.1, 0.15) is 30.6 Å². The van der Waals surface area contributed by atoms with E-state index in [0.29, 0.717) is 12.0 Å². The molecule has 80 valence electrons. The van der Waals surface area contributed by atoms with Gasteiger partial charge in [0.25, 0.3) is 0 Å². The fraction of sp³-hybridized carbons (Fsp3) is 0.333. The van der Waals surface area contributed by atoms with Gasteiger partial charge in [0.15, 0.2) is 11.9 Å². The standard InChI is InChI=1S/C12H14O3/c1-3-11(13)9(2)15-12(14)10-7-5-4-6-8-10/h4-9H,3H2,1-2H3. The van der Waals surface area contributed by atoms with E-state index in [1.54, 1.807) is 38.1 Å². The zero-order valence-corrected chi connectivity index (χ0v) is 8.90. The molecule has 0 fully saturated rings. The summed E-state index contributed by atoms with van der Waals surface area (Å²) in [6, 6.07) is 8.64. The van der Waals surface area contributed by atoms with Gasteiger partial charge in [-0.25, -0.2) is 4.79 Å². The Kier molecular flexibility index (Phi) is 4.03. The van der Waals surface area contributed by atoms with Crippen molar-refractivity contribution in [1.29, 1.82) is 0 Å². The average Bonchev–Trinajstić information content (AvgIpc) is 2.29. The van der Waals surface area contributed by atoms with Crippen LogP contribution in [-0.2, 0) is 9.53 Å². The summed E-state index contributed by atoms with van der Waals surface area (Å²) < 4.78 is 5.00. The number of carbonyl (C=O) groups excluding carboxylic acids is 2. The van der Waals surface area contributed by atoms with Gasteiger partial charge in [-0.05, 0) is 19.1 Å². The van der Waals surface area contributed by atoms with Gasteiger partial charge in [-0.1, -0.05) is 25.1 Å². The molecule has 0 radical (unpaired) electrons. The first-order chi connectivity index (χ1) is 7.15. The van der Waals surface area contributed by atoms with Gasteiger partial charge in [0, 0.05) is 6.42 Å².